The summed E-state index contributed by atoms with van der Waals surface area (Å²) >= 11 is 0. The Hall–Kier alpha value is -1.39. The zero-order valence-electron chi connectivity index (χ0n) is 15.0. The lowest BCUT2D eigenvalue weighted by molar-refractivity contribution is -0.126. The van der Waals surface area contributed by atoms with E-state index in [1.807, 2.05) is 13.1 Å². The molecular formula is C19H33N3O. The summed E-state index contributed by atoms with van der Waals surface area (Å²) in [4.78, 5) is 14.6. The molecule has 0 aliphatic rings. The number of amides is 1. The van der Waals surface area contributed by atoms with Gasteiger partial charge in [0, 0.05) is 6.54 Å². The molecule has 4 nitrogen and oxygen atoms in total. The quantitative estimate of drug-likeness (QED) is 0.582. The zero-order chi connectivity index (χ0) is 16.9. The Morgan fingerprint density at radius 1 is 1.17 bits per heavy atom. The van der Waals surface area contributed by atoms with Crippen LogP contribution in [0, 0.1) is 0 Å². The van der Waals surface area contributed by atoms with E-state index in [1.165, 1.54) is 5.56 Å². The van der Waals surface area contributed by atoms with Crippen LogP contribution >= 0.6 is 0 Å². The number of aryl methyl sites for hydroxylation is 1. The number of likely N-dealkylation sites (N-methyl/N-ethyl adjacent to an activating group) is 1. The van der Waals surface area contributed by atoms with E-state index in [0.717, 1.165) is 51.7 Å². The number of hydrogen-bond donors (Lipinski definition) is 2. The van der Waals surface area contributed by atoms with Gasteiger partial charge in [-0.05, 0) is 58.4 Å². The standard InChI is InChI=1S/C19H33N3O/c1-4-5-14-21-19(23)18(13-15-20-2)22(3)16-9-12-17-10-7-6-8-11-17/h6-8,10-11,18,20H,4-5,9,12-16H2,1-3H3,(H,21,23). The monoisotopic (exact) mass is 319 g/mol. The van der Waals surface area contributed by atoms with Crippen molar-refractivity contribution >= 4 is 5.91 Å². The molecule has 0 spiro atoms. The lowest BCUT2D eigenvalue weighted by Crippen LogP contribution is -2.47. The Kier molecular flexibility index (Phi) is 10.3. The molecule has 2 N–H and O–H groups in total. The summed E-state index contributed by atoms with van der Waals surface area (Å²) in [6.45, 7) is 4.71. The highest BCUT2D eigenvalue weighted by Crippen LogP contribution is 2.07. The molecule has 1 aromatic rings. The SMILES string of the molecule is CCCCNC(=O)C(CCNC)N(C)CCCc1ccccc1. The predicted octanol–water partition coefficient (Wildman–Crippen LogP) is 2.45. The van der Waals surface area contributed by atoms with E-state index >= 15 is 0 Å². The molecule has 1 aromatic carbocycles. The molecule has 1 atom stereocenters. The summed E-state index contributed by atoms with van der Waals surface area (Å²) in [5.41, 5.74) is 1.36. The normalized spacial score (nSPS) is 12.3. The average molecular weight is 319 g/mol. The smallest absolute Gasteiger partial charge is 0.237 e. The lowest BCUT2D eigenvalue weighted by Gasteiger charge is -2.27. The summed E-state index contributed by atoms with van der Waals surface area (Å²) in [5, 5.41) is 6.22. The second-order valence-corrected chi connectivity index (χ2v) is 6.12. The van der Waals surface area contributed by atoms with Crippen LogP contribution in [0.4, 0.5) is 0 Å². The van der Waals surface area contributed by atoms with Crippen LogP contribution in [0.1, 0.15) is 38.2 Å². The Labute approximate surface area is 141 Å². The predicted molar refractivity (Wildman–Crippen MR) is 97.6 cm³/mol. The number of rotatable bonds is 12. The van der Waals surface area contributed by atoms with Gasteiger partial charge < -0.3 is 10.6 Å². The fourth-order valence-electron chi connectivity index (χ4n) is 2.67. The highest BCUT2D eigenvalue weighted by Gasteiger charge is 2.21. The molecule has 0 aliphatic heterocycles. The van der Waals surface area contributed by atoms with Crippen LogP contribution < -0.4 is 10.6 Å². The highest BCUT2D eigenvalue weighted by molar-refractivity contribution is 5.81. The van der Waals surface area contributed by atoms with Crippen molar-refractivity contribution in [2.24, 2.45) is 0 Å². The van der Waals surface area contributed by atoms with Crippen molar-refractivity contribution in [1.82, 2.24) is 15.5 Å². The highest BCUT2D eigenvalue weighted by atomic mass is 16.2. The van der Waals surface area contributed by atoms with Crippen LogP contribution in [0.5, 0.6) is 0 Å². The Morgan fingerprint density at radius 3 is 2.57 bits per heavy atom. The van der Waals surface area contributed by atoms with Gasteiger partial charge >= 0.3 is 0 Å². The van der Waals surface area contributed by atoms with Gasteiger partial charge in [-0.3, -0.25) is 9.69 Å². The van der Waals surface area contributed by atoms with Crippen molar-refractivity contribution < 1.29 is 4.79 Å². The van der Waals surface area contributed by atoms with Crippen molar-refractivity contribution in [1.29, 1.82) is 0 Å². The van der Waals surface area contributed by atoms with Crippen LogP contribution in [0.3, 0.4) is 0 Å². The summed E-state index contributed by atoms with van der Waals surface area (Å²) in [6, 6.07) is 10.5. The lowest BCUT2D eigenvalue weighted by atomic mass is 10.1. The van der Waals surface area contributed by atoms with Gasteiger partial charge in [-0.2, -0.15) is 0 Å². The minimum Gasteiger partial charge on any atom is -0.355 e. The molecular weight excluding hydrogens is 286 g/mol. The minimum atomic E-state index is -0.0462. The first-order valence-electron chi connectivity index (χ1n) is 8.85. The van der Waals surface area contributed by atoms with Gasteiger partial charge in [0.05, 0.1) is 6.04 Å². The zero-order valence-corrected chi connectivity index (χ0v) is 15.0. The summed E-state index contributed by atoms with van der Waals surface area (Å²) < 4.78 is 0. The molecule has 1 unspecified atom stereocenters. The van der Waals surface area contributed by atoms with Crippen LogP contribution in [0.25, 0.3) is 0 Å². The number of unbranched alkanes of at least 4 members (excludes halogenated alkanes) is 1. The van der Waals surface area contributed by atoms with Crippen LogP contribution in [-0.2, 0) is 11.2 Å². The third-order valence-electron chi connectivity index (χ3n) is 4.15. The van der Waals surface area contributed by atoms with E-state index in [4.69, 9.17) is 0 Å². The van der Waals surface area contributed by atoms with Crippen molar-refractivity contribution in [3.8, 4) is 0 Å². The minimum absolute atomic E-state index is 0.0462. The first kappa shape index (κ1) is 19.7. The molecule has 4 heteroatoms. The van der Waals surface area contributed by atoms with E-state index < -0.39 is 0 Å². The van der Waals surface area contributed by atoms with Gasteiger partial charge in [0.1, 0.15) is 0 Å². The molecule has 0 aromatic heterocycles. The molecule has 0 saturated carbocycles. The second kappa shape index (κ2) is 12.1. The van der Waals surface area contributed by atoms with Gasteiger partial charge in [-0.25, -0.2) is 0 Å². The molecule has 130 valence electrons. The molecule has 0 aliphatic carbocycles. The van der Waals surface area contributed by atoms with Crippen LogP contribution in [0.15, 0.2) is 30.3 Å². The molecule has 0 heterocycles. The first-order chi connectivity index (χ1) is 11.2. The van der Waals surface area contributed by atoms with E-state index in [1.54, 1.807) is 0 Å². The first-order valence-corrected chi connectivity index (χ1v) is 8.85. The van der Waals surface area contributed by atoms with Gasteiger partial charge in [-0.15, -0.1) is 0 Å². The fraction of sp³-hybridized carbons (Fsp3) is 0.632. The maximum Gasteiger partial charge on any atom is 0.237 e. The molecule has 0 radical (unpaired) electrons. The second-order valence-electron chi connectivity index (χ2n) is 6.12. The number of nitrogens with zero attached hydrogens (tertiary/aromatic N) is 1. The molecule has 0 fully saturated rings. The van der Waals surface area contributed by atoms with E-state index in [9.17, 15) is 4.79 Å². The van der Waals surface area contributed by atoms with E-state index in [0.29, 0.717) is 0 Å². The average Bonchev–Trinajstić information content (AvgIpc) is 2.56. The van der Waals surface area contributed by atoms with Gasteiger partial charge in [-0.1, -0.05) is 43.7 Å². The van der Waals surface area contributed by atoms with Crippen LogP contribution in [-0.4, -0.2) is 50.6 Å². The number of nitrogens with one attached hydrogen (secondary N) is 2. The summed E-state index contributed by atoms with van der Waals surface area (Å²) in [6.07, 6.45) is 5.12. The van der Waals surface area contributed by atoms with Crippen LogP contribution in [0.2, 0.25) is 0 Å². The number of carbonyl (C=O) groups excluding carboxylic acids is 1. The maximum absolute atomic E-state index is 12.4. The third-order valence-corrected chi connectivity index (χ3v) is 4.15. The van der Waals surface area contributed by atoms with Crippen molar-refractivity contribution in [2.75, 3.05) is 33.7 Å². The molecule has 0 bridgehead atoms. The van der Waals surface area contributed by atoms with Crippen molar-refractivity contribution in [2.45, 2.75) is 45.1 Å². The number of benzene rings is 1. The Bertz CT molecular complexity index is 422. The fourth-order valence-corrected chi connectivity index (χ4v) is 2.67. The summed E-state index contributed by atoms with van der Waals surface area (Å²) in [7, 11) is 3.99. The Morgan fingerprint density at radius 2 is 1.91 bits per heavy atom. The topological polar surface area (TPSA) is 44.4 Å². The number of carbonyl (C=O) groups is 1. The van der Waals surface area contributed by atoms with E-state index in [2.05, 4.69) is 53.8 Å². The van der Waals surface area contributed by atoms with E-state index in [-0.39, 0.29) is 11.9 Å². The van der Waals surface area contributed by atoms with Crippen molar-refractivity contribution in [3.63, 3.8) is 0 Å². The maximum atomic E-state index is 12.4. The molecule has 1 rings (SSSR count). The van der Waals surface area contributed by atoms with Gasteiger partial charge in [0.2, 0.25) is 5.91 Å². The van der Waals surface area contributed by atoms with Crippen molar-refractivity contribution in [3.05, 3.63) is 35.9 Å². The molecule has 1 amide bonds. The largest absolute Gasteiger partial charge is 0.355 e. The van der Waals surface area contributed by atoms with Gasteiger partial charge in [0.25, 0.3) is 0 Å². The Balaban J connectivity index is 2.43. The number of hydrogen-bond acceptors (Lipinski definition) is 3. The third kappa shape index (κ3) is 8.14. The van der Waals surface area contributed by atoms with Gasteiger partial charge in [0.15, 0.2) is 0 Å². The molecule has 0 saturated heterocycles. The summed E-state index contributed by atoms with van der Waals surface area (Å²) in [5.74, 6) is 0.163. The molecule has 23 heavy (non-hydrogen) atoms.